The van der Waals surface area contributed by atoms with Gasteiger partial charge in [0.05, 0.1) is 0 Å². The van der Waals surface area contributed by atoms with E-state index in [0.717, 1.165) is 43.0 Å². The molecule has 3 aromatic heterocycles. The number of rotatable bonds is 4. The summed E-state index contributed by atoms with van der Waals surface area (Å²) in [4.78, 5) is 25.5. The zero-order chi connectivity index (χ0) is 17.1. The highest BCUT2D eigenvalue weighted by molar-refractivity contribution is 5.78. The lowest BCUT2D eigenvalue weighted by atomic mass is 10.2. The average Bonchev–Trinajstić information content (AvgIpc) is 3.10. The van der Waals surface area contributed by atoms with Gasteiger partial charge in [0.1, 0.15) is 11.5 Å². The van der Waals surface area contributed by atoms with Crippen molar-refractivity contribution >= 4 is 22.8 Å². The molecule has 0 spiro atoms. The van der Waals surface area contributed by atoms with Gasteiger partial charge in [0.15, 0.2) is 0 Å². The molecule has 0 atom stereocenters. The van der Waals surface area contributed by atoms with E-state index in [0.29, 0.717) is 13.0 Å². The molecule has 6 heteroatoms. The Morgan fingerprint density at radius 2 is 1.80 bits per heavy atom. The molecule has 25 heavy (non-hydrogen) atoms. The second-order valence-corrected chi connectivity index (χ2v) is 6.23. The minimum atomic E-state index is 0.207. The van der Waals surface area contributed by atoms with Gasteiger partial charge >= 0.3 is 0 Å². The number of amides is 1. The van der Waals surface area contributed by atoms with E-state index in [1.807, 2.05) is 53.7 Å². The van der Waals surface area contributed by atoms with Gasteiger partial charge < -0.3 is 14.4 Å². The SMILES string of the molecule is O=C(CCn1ccc2cccnc21)N1CCN(c2ccccn2)CC1. The quantitative estimate of drug-likeness (QED) is 0.733. The van der Waals surface area contributed by atoms with Crippen LogP contribution < -0.4 is 4.90 Å². The summed E-state index contributed by atoms with van der Waals surface area (Å²) in [6, 6.07) is 11.9. The van der Waals surface area contributed by atoms with Crippen molar-refractivity contribution in [2.45, 2.75) is 13.0 Å². The molecule has 0 radical (unpaired) electrons. The van der Waals surface area contributed by atoms with Crippen LogP contribution in [0, 0.1) is 0 Å². The lowest BCUT2D eigenvalue weighted by molar-refractivity contribution is -0.131. The van der Waals surface area contributed by atoms with Crippen molar-refractivity contribution in [3.63, 3.8) is 0 Å². The van der Waals surface area contributed by atoms with Crippen LogP contribution in [0.3, 0.4) is 0 Å². The number of piperazine rings is 1. The first-order valence-corrected chi connectivity index (χ1v) is 8.65. The van der Waals surface area contributed by atoms with Gasteiger partial charge in [0.25, 0.3) is 0 Å². The van der Waals surface area contributed by atoms with E-state index in [4.69, 9.17) is 0 Å². The summed E-state index contributed by atoms with van der Waals surface area (Å²) in [5, 5.41) is 1.11. The van der Waals surface area contributed by atoms with Crippen molar-refractivity contribution in [3.8, 4) is 0 Å². The summed E-state index contributed by atoms with van der Waals surface area (Å²) in [5.74, 6) is 1.19. The first-order chi connectivity index (χ1) is 12.3. The van der Waals surface area contributed by atoms with E-state index in [1.54, 1.807) is 6.20 Å². The van der Waals surface area contributed by atoms with E-state index in [9.17, 15) is 4.79 Å². The van der Waals surface area contributed by atoms with Gasteiger partial charge in [-0.25, -0.2) is 9.97 Å². The standard InChI is InChI=1S/C19H21N5O/c25-18(7-11-24-10-6-16-4-3-9-21-19(16)24)23-14-12-22(13-15-23)17-5-1-2-8-20-17/h1-6,8-10H,7,11-15H2. The van der Waals surface area contributed by atoms with Crippen LogP contribution in [0.5, 0.6) is 0 Å². The zero-order valence-electron chi connectivity index (χ0n) is 14.1. The minimum Gasteiger partial charge on any atom is -0.353 e. The predicted molar refractivity (Wildman–Crippen MR) is 97.4 cm³/mol. The molecule has 0 unspecified atom stereocenters. The molecule has 4 rings (SSSR count). The number of nitrogens with zero attached hydrogens (tertiary/aromatic N) is 5. The Hall–Kier alpha value is -2.89. The van der Waals surface area contributed by atoms with Crippen LogP contribution in [0.2, 0.25) is 0 Å². The molecule has 1 aliphatic rings. The highest BCUT2D eigenvalue weighted by atomic mass is 16.2. The Bertz CT molecular complexity index is 852. The summed E-state index contributed by atoms with van der Waals surface area (Å²) in [6.07, 6.45) is 6.10. The average molecular weight is 335 g/mol. The summed E-state index contributed by atoms with van der Waals surface area (Å²) in [6.45, 7) is 3.83. The van der Waals surface area contributed by atoms with Gasteiger partial charge in [0, 0.05) is 63.1 Å². The summed E-state index contributed by atoms with van der Waals surface area (Å²) in [5.41, 5.74) is 0.940. The minimum absolute atomic E-state index is 0.207. The third-order valence-electron chi connectivity index (χ3n) is 4.70. The number of carbonyl (C=O) groups excluding carboxylic acids is 1. The molecule has 3 aromatic rings. The molecule has 4 heterocycles. The normalized spacial score (nSPS) is 14.9. The predicted octanol–water partition coefficient (Wildman–Crippen LogP) is 2.17. The highest BCUT2D eigenvalue weighted by Crippen LogP contribution is 2.15. The third-order valence-corrected chi connectivity index (χ3v) is 4.70. The van der Waals surface area contributed by atoms with Crippen LogP contribution in [0.1, 0.15) is 6.42 Å². The van der Waals surface area contributed by atoms with Gasteiger partial charge in [-0.15, -0.1) is 0 Å². The summed E-state index contributed by atoms with van der Waals surface area (Å²) >= 11 is 0. The van der Waals surface area contributed by atoms with E-state index < -0.39 is 0 Å². The maximum Gasteiger partial charge on any atom is 0.224 e. The van der Waals surface area contributed by atoms with Crippen LogP contribution in [0.25, 0.3) is 11.0 Å². The van der Waals surface area contributed by atoms with Crippen molar-refractivity contribution in [1.29, 1.82) is 0 Å². The first kappa shape index (κ1) is 15.6. The number of carbonyl (C=O) groups is 1. The molecule has 0 saturated carbocycles. The molecule has 0 bridgehead atoms. The molecule has 0 N–H and O–H groups in total. The number of pyridine rings is 2. The number of aryl methyl sites for hydroxylation is 1. The van der Waals surface area contributed by atoms with Crippen LogP contribution in [-0.4, -0.2) is 51.5 Å². The van der Waals surface area contributed by atoms with Gasteiger partial charge in [-0.2, -0.15) is 0 Å². The fourth-order valence-corrected chi connectivity index (χ4v) is 3.30. The third kappa shape index (κ3) is 3.33. The van der Waals surface area contributed by atoms with E-state index >= 15 is 0 Å². The van der Waals surface area contributed by atoms with Gasteiger partial charge in [-0.05, 0) is 30.3 Å². The Morgan fingerprint density at radius 3 is 2.60 bits per heavy atom. The zero-order valence-corrected chi connectivity index (χ0v) is 14.1. The van der Waals surface area contributed by atoms with Crippen LogP contribution in [0.15, 0.2) is 55.0 Å². The smallest absolute Gasteiger partial charge is 0.224 e. The Morgan fingerprint density at radius 1 is 0.960 bits per heavy atom. The topological polar surface area (TPSA) is 54.3 Å². The molecular formula is C19H21N5O. The van der Waals surface area contributed by atoms with Crippen molar-refractivity contribution in [2.24, 2.45) is 0 Å². The van der Waals surface area contributed by atoms with Crippen molar-refractivity contribution in [2.75, 3.05) is 31.1 Å². The molecule has 0 aromatic carbocycles. The van der Waals surface area contributed by atoms with Gasteiger partial charge in [-0.1, -0.05) is 6.07 Å². The second kappa shape index (κ2) is 6.93. The van der Waals surface area contributed by atoms with Crippen LogP contribution >= 0.6 is 0 Å². The molecule has 1 saturated heterocycles. The van der Waals surface area contributed by atoms with Crippen molar-refractivity contribution in [3.05, 3.63) is 55.0 Å². The number of hydrogen-bond acceptors (Lipinski definition) is 4. The molecule has 1 amide bonds. The Kier molecular flexibility index (Phi) is 4.33. The molecule has 1 fully saturated rings. The largest absolute Gasteiger partial charge is 0.353 e. The monoisotopic (exact) mass is 335 g/mol. The maximum absolute atomic E-state index is 12.5. The van der Waals surface area contributed by atoms with Crippen molar-refractivity contribution < 1.29 is 4.79 Å². The fraction of sp³-hybridized carbons (Fsp3) is 0.316. The van der Waals surface area contributed by atoms with Gasteiger partial charge in [0.2, 0.25) is 5.91 Å². The number of anilines is 1. The molecule has 128 valence electrons. The molecule has 1 aliphatic heterocycles. The number of fused-ring (bicyclic) bond motifs is 1. The van der Waals surface area contributed by atoms with E-state index in [2.05, 4.69) is 19.4 Å². The van der Waals surface area contributed by atoms with Crippen LogP contribution in [-0.2, 0) is 11.3 Å². The molecule has 0 aliphatic carbocycles. The Labute approximate surface area is 146 Å². The van der Waals surface area contributed by atoms with E-state index in [1.165, 1.54) is 0 Å². The number of aromatic nitrogens is 3. The maximum atomic E-state index is 12.5. The second-order valence-electron chi connectivity index (χ2n) is 6.23. The first-order valence-electron chi connectivity index (χ1n) is 8.65. The fourth-order valence-electron chi connectivity index (χ4n) is 3.30. The Balaban J connectivity index is 1.32. The molecule has 6 nitrogen and oxygen atoms in total. The van der Waals surface area contributed by atoms with Crippen molar-refractivity contribution in [1.82, 2.24) is 19.4 Å². The van der Waals surface area contributed by atoms with Crippen LogP contribution in [0.4, 0.5) is 5.82 Å². The molecular weight excluding hydrogens is 314 g/mol. The van der Waals surface area contributed by atoms with E-state index in [-0.39, 0.29) is 5.91 Å². The lowest BCUT2D eigenvalue weighted by Gasteiger charge is -2.35. The number of hydrogen-bond donors (Lipinski definition) is 0. The lowest BCUT2D eigenvalue weighted by Crippen LogP contribution is -2.49. The summed E-state index contributed by atoms with van der Waals surface area (Å²) in [7, 11) is 0. The summed E-state index contributed by atoms with van der Waals surface area (Å²) < 4.78 is 2.05. The van der Waals surface area contributed by atoms with Gasteiger partial charge in [-0.3, -0.25) is 4.79 Å². The highest BCUT2D eigenvalue weighted by Gasteiger charge is 2.21.